The highest BCUT2D eigenvalue weighted by atomic mass is 32.2. The van der Waals surface area contributed by atoms with Gasteiger partial charge in [0.05, 0.1) is 16.3 Å². The Morgan fingerprint density at radius 1 is 1.03 bits per heavy atom. The molecular weight excluding hydrogens is 382 g/mol. The maximum Gasteiger partial charge on any atom is 0.209 e. The molecule has 0 N–H and O–H groups in total. The quantitative estimate of drug-likeness (QED) is 0.498. The van der Waals surface area contributed by atoms with Crippen molar-refractivity contribution in [2.75, 3.05) is 5.75 Å². The average Bonchev–Trinajstić information content (AvgIpc) is 3.17. The fourth-order valence-corrected chi connectivity index (χ4v) is 4.51. The molecule has 0 bridgehead atoms. The van der Waals surface area contributed by atoms with E-state index in [1.165, 1.54) is 0 Å². The zero-order valence-corrected chi connectivity index (χ0v) is 17.5. The van der Waals surface area contributed by atoms with Gasteiger partial charge in [-0.1, -0.05) is 61.0 Å². The van der Waals surface area contributed by atoms with Crippen LogP contribution in [0.4, 0.5) is 0 Å². The first-order chi connectivity index (χ1) is 13.9. The topological polar surface area (TPSA) is 56.1 Å². The minimum Gasteiger partial charge on any atom is -0.341 e. The Morgan fingerprint density at radius 3 is 2.52 bits per heavy atom. The molecule has 0 fully saturated rings. The van der Waals surface area contributed by atoms with E-state index in [0.717, 1.165) is 11.1 Å². The van der Waals surface area contributed by atoms with Crippen molar-refractivity contribution in [3.63, 3.8) is 0 Å². The first-order valence-electron chi connectivity index (χ1n) is 9.66. The van der Waals surface area contributed by atoms with Crippen molar-refractivity contribution in [2.24, 2.45) is 0 Å². The zero-order chi connectivity index (χ0) is 20.9. The molecule has 2 aromatic carbocycles. The van der Waals surface area contributed by atoms with Gasteiger partial charge in [0.15, 0.2) is 9.84 Å². The van der Waals surface area contributed by atoms with E-state index in [0.29, 0.717) is 29.1 Å². The standard InChI is InChI=1S/C24H25NO3S/c1-3-17-29(27,28)22-9-4-7-20(18-22)8-5-15-25-16-6-10-23(25)24(26)21-13-11-19(2)12-14-21/h4-14,16,18H,3,15,17H2,1-2H3/b8-5+. The minimum atomic E-state index is -3.24. The van der Waals surface area contributed by atoms with Crippen LogP contribution >= 0.6 is 0 Å². The summed E-state index contributed by atoms with van der Waals surface area (Å²) in [5.74, 6) is 0.129. The van der Waals surface area contributed by atoms with E-state index in [4.69, 9.17) is 0 Å². The van der Waals surface area contributed by atoms with Gasteiger partial charge in [-0.2, -0.15) is 0 Å². The molecule has 0 atom stereocenters. The molecule has 0 spiro atoms. The van der Waals surface area contributed by atoms with Crippen LogP contribution in [0.1, 0.15) is 40.5 Å². The van der Waals surface area contributed by atoms with E-state index in [-0.39, 0.29) is 11.5 Å². The molecule has 29 heavy (non-hydrogen) atoms. The third-order valence-corrected chi connectivity index (χ3v) is 6.60. The smallest absolute Gasteiger partial charge is 0.209 e. The summed E-state index contributed by atoms with van der Waals surface area (Å²) in [7, 11) is -3.24. The zero-order valence-electron chi connectivity index (χ0n) is 16.7. The third kappa shape index (κ3) is 5.12. The van der Waals surface area contributed by atoms with Gasteiger partial charge in [0.2, 0.25) is 5.78 Å². The summed E-state index contributed by atoms with van der Waals surface area (Å²) < 4.78 is 26.4. The molecule has 3 rings (SSSR count). The third-order valence-electron chi connectivity index (χ3n) is 4.68. The number of hydrogen-bond donors (Lipinski definition) is 0. The van der Waals surface area contributed by atoms with E-state index in [9.17, 15) is 13.2 Å². The summed E-state index contributed by atoms with van der Waals surface area (Å²) in [6, 6.07) is 18.2. The van der Waals surface area contributed by atoms with E-state index < -0.39 is 9.84 Å². The molecular formula is C24H25NO3S. The summed E-state index contributed by atoms with van der Waals surface area (Å²) in [5, 5.41) is 0. The maximum atomic E-state index is 12.8. The molecule has 1 heterocycles. The predicted octanol–water partition coefficient (Wildman–Crippen LogP) is 4.92. The van der Waals surface area contributed by atoms with Gasteiger partial charge >= 0.3 is 0 Å². The highest BCUT2D eigenvalue weighted by Gasteiger charge is 2.13. The number of benzene rings is 2. The van der Waals surface area contributed by atoms with Crippen molar-refractivity contribution in [1.29, 1.82) is 0 Å². The Morgan fingerprint density at radius 2 is 1.79 bits per heavy atom. The lowest BCUT2D eigenvalue weighted by Gasteiger charge is -2.07. The molecule has 0 amide bonds. The van der Waals surface area contributed by atoms with Gasteiger partial charge in [-0.15, -0.1) is 0 Å². The second-order valence-electron chi connectivity index (χ2n) is 7.03. The lowest BCUT2D eigenvalue weighted by Crippen LogP contribution is -2.09. The molecule has 0 aliphatic carbocycles. The van der Waals surface area contributed by atoms with Crippen molar-refractivity contribution in [3.05, 3.63) is 95.3 Å². The average molecular weight is 408 g/mol. The lowest BCUT2D eigenvalue weighted by molar-refractivity contribution is 0.103. The number of allylic oxidation sites excluding steroid dienone is 1. The number of carbonyl (C=O) groups excluding carboxylic acids is 1. The molecule has 0 radical (unpaired) electrons. The first kappa shape index (κ1) is 20.8. The van der Waals surface area contributed by atoms with Crippen molar-refractivity contribution in [3.8, 4) is 0 Å². The first-order valence-corrected chi connectivity index (χ1v) is 11.3. The second kappa shape index (κ2) is 9.05. The molecule has 1 aromatic heterocycles. The van der Waals surface area contributed by atoms with Crippen LogP contribution in [-0.4, -0.2) is 24.5 Å². The van der Waals surface area contributed by atoms with Gasteiger partial charge in [-0.05, 0) is 43.2 Å². The van der Waals surface area contributed by atoms with Crippen molar-refractivity contribution < 1.29 is 13.2 Å². The molecule has 0 unspecified atom stereocenters. The minimum absolute atomic E-state index is 0.0175. The summed E-state index contributed by atoms with van der Waals surface area (Å²) in [4.78, 5) is 13.1. The van der Waals surface area contributed by atoms with Crippen LogP contribution < -0.4 is 0 Å². The SMILES string of the molecule is CCCS(=O)(=O)c1cccc(/C=C/Cn2cccc2C(=O)c2ccc(C)cc2)c1. The molecule has 0 saturated heterocycles. The monoisotopic (exact) mass is 407 g/mol. The van der Waals surface area contributed by atoms with E-state index in [1.54, 1.807) is 18.2 Å². The van der Waals surface area contributed by atoms with Gasteiger partial charge in [0, 0.05) is 18.3 Å². The Balaban J connectivity index is 1.75. The van der Waals surface area contributed by atoms with E-state index in [2.05, 4.69) is 0 Å². The number of sulfone groups is 1. The van der Waals surface area contributed by atoms with Gasteiger partial charge in [-0.25, -0.2) is 8.42 Å². The molecule has 3 aromatic rings. The second-order valence-corrected chi connectivity index (χ2v) is 9.14. The van der Waals surface area contributed by atoms with Gasteiger partial charge in [0.1, 0.15) is 0 Å². The molecule has 4 nitrogen and oxygen atoms in total. The molecule has 0 saturated carbocycles. The van der Waals surface area contributed by atoms with Crippen molar-refractivity contribution >= 4 is 21.7 Å². The number of aryl methyl sites for hydroxylation is 1. The van der Waals surface area contributed by atoms with Gasteiger partial charge in [-0.3, -0.25) is 4.79 Å². The summed E-state index contributed by atoms with van der Waals surface area (Å²) in [6.45, 7) is 4.37. The Labute approximate surface area is 172 Å². The fourth-order valence-electron chi connectivity index (χ4n) is 3.13. The number of hydrogen-bond acceptors (Lipinski definition) is 3. The highest BCUT2D eigenvalue weighted by molar-refractivity contribution is 7.91. The molecule has 0 aliphatic heterocycles. The number of nitrogens with zero attached hydrogens (tertiary/aromatic N) is 1. The van der Waals surface area contributed by atoms with Gasteiger partial charge < -0.3 is 4.57 Å². The summed E-state index contributed by atoms with van der Waals surface area (Å²) >= 11 is 0. The summed E-state index contributed by atoms with van der Waals surface area (Å²) in [5.41, 5.74) is 3.22. The van der Waals surface area contributed by atoms with Crippen LogP contribution in [0, 0.1) is 6.92 Å². The normalized spacial score (nSPS) is 11.8. The van der Waals surface area contributed by atoms with Gasteiger partial charge in [0.25, 0.3) is 0 Å². The Hall–Kier alpha value is -2.92. The van der Waals surface area contributed by atoms with Crippen molar-refractivity contribution in [1.82, 2.24) is 4.57 Å². The molecule has 150 valence electrons. The van der Waals surface area contributed by atoms with E-state index in [1.807, 2.05) is 79.2 Å². The number of carbonyl (C=O) groups is 1. The van der Waals surface area contributed by atoms with Crippen molar-refractivity contribution in [2.45, 2.75) is 31.7 Å². The highest BCUT2D eigenvalue weighted by Crippen LogP contribution is 2.16. The molecule has 0 aliphatic rings. The van der Waals surface area contributed by atoms with Crippen LogP contribution in [-0.2, 0) is 16.4 Å². The van der Waals surface area contributed by atoms with E-state index >= 15 is 0 Å². The number of ketones is 1. The largest absolute Gasteiger partial charge is 0.341 e. The Bertz CT molecular complexity index is 1120. The fraction of sp³-hybridized carbons (Fsp3) is 0.208. The van der Waals surface area contributed by atoms with Crippen LogP contribution in [0.25, 0.3) is 6.08 Å². The number of rotatable bonds is 8. The maximum absolute atomic E-state index is 12.8. The van der Waals surface area contributed by atoms with Crippen LogP contribution in [0.5, 0.6) is 0 Å². The van der Waals surface area contributed by atoms with Crippen LogP contribution in [0.15, 0.2) is 77.8 Å². The predicted molar refractivity (Wildman–Crippen MR) is 117 cm³/mol. The lowest BCUT2D eigenvalue weighted by atomic mass is 10.1. The number of aromatic nitrogens is 1. The van der Waals surface area contributed by atoms with Crippen LogP contribution in [0.3, 0.4) is 0 Å². The summed E-state index contributed by atoms with van der Waals surface area (Å²) in [6.07, 6.45) is 6.27. The molecule has 5 heteroatoms. The Kier molecular flexibility index (Phi) is 6.49. The van der Waals surface area contributed by atoms with Crippen LogP contribution in [0.2, 0.25) is 0 Å².